The van der Waals surface area contributed by atoms with Crippen LogP contribution in [0.25, 0.3) is 0 Å². The van der Waals surface area contributed by atoms with Crippen LogP contribution in [-0.4, -0.2) is 19.0 Å². The largest absolute Gasteiger partial charge is 0.456 e. The molecule has 0 spiro atoms. The summed E-state index contributed by atoms with van der Waals surface area (Å²) in [7, 11) is 0. The molecule has 1 heterocycles. The van der Waals surface area contributed by atoms with Gasteiger partial charge >= 0.3 is 0 Å². The van der Waals surface area contributed by atoms with Gasteiger partial charge in [0.25, 0.3) is 5.91 Å². The Balaban J connectivity index is 2.05. The summed E-state index contributed by atoms with van der Waals surface area (Å²) in [5.74, 6) is 0.830. The molecule has 1 amide bonds. The maximum absolute atomic E-state index is 11.9. The Kier molecular flexibility index (Phi) is 4.45. The Labute approximate surface area is 119 Å². The van der Waals surface area contributed by atoms with Crippen LogP contribution in [0.15, 0.2) is 40.8 Å². The van der Waals surface area contributed by atoms with E-state index in [1.165, 1.54) is 0 Å². The Morgan fingerprint density at radius 3 is 2.25 bits per heavy atom. The van der Waals surface area contributed by atoms with Crippen LogP contribution in [0, 0.1) is 6.92 Å². The minimum absolute atomic E-state index is 0.228. The fourth-order valence-corrected chi connectivity index (χ4v) is 2.09. The number of amides is 1. The normalized spacial score (nSPS) is 10.3. The average molecular weight is 272 g/mol. The minimum Gasteiger partial charge on any atom is -0.456 e. The lowest BCUT2D eigenvalue weighted by Gasteiger charge is -2.21. The van der Waals surface area contributed by atoms with E-state index < -0.39 is 0 Å². The number of carbonyl (C=O) groups excluding carboxylic acids is 1. The second-order valence-electron chi connectivity index (χ2n) is 4.58. The van der Waals surface area contributed by atoms with E-state index in [9.17, 15) is 4.79 Å². The first-order chi connectivity index (χ1) is 9.63. The van der Waals surface area contributed by atoms with Gasteiger partial charge in [-0.05, 0) is 57.2 Å². The van der Waals surface area contributed by atoms with Gasteiger partial charge in [-0.2, -0.15) is 0 Å². The van der Waals surface area contributed by atoms with Crippen molar-refractivity contribution >= 4 is 17.3 Å². The number of benzene rings is 1. The smallest absolute Gasteiger partial charge is 0.291 e. The predicted octanol–water partition coefficient (Wildman–Crippen LogP) is 3.69. The maximum Gasteiger partial charge on any atom is 0.291 e. The molecule has 0 unspecified atom stereocenters. The molecule has 4 nitrogen and oxygen atoms in total. The van der Waals surface area contributed by atoms with E-state index in [4.69, 9.17) is 4.42 Å². The summed E-state index contributed by atoms with van der Waals surface area (Å²) < 4.78 is 5.29. The van der Waals surface area contributed by atoms with Gasteiger partial charge < -0.3 is 14.6 Å². The number of rotatable bonds is 5. The van der Waals surface area contributed by atoms with E-state index >= 15 is 0 Å². The van der Waals surface area contributed by atoms with Crippen LogP contribution in [0.5, 0.6) is 0 Å². The van der Waals surface area contributed by atoms with Crippen molar-refractivity contribution in [3.8, 4) is 0 Å². The molecule has 0 fully saturated rings. The van der Waals surface area contributed by atoms with Gasteiger partial charge in [-0.3, -0.25) is 4.79 Å². The zero-order valence-electron chi connectivity index (χ0n) is 12.1. The molecular weight excluding hydrogens is 252 g/mol. The fourth-order valence-electron chi connectivity index (χ4n) is 2.09. The summed E-state index contributed by atoms with van der Waals surface area (Å²) >= 11 is 0. The van der Waals surface area contributed by atoms with Gasteiger partial charge in [0.05, 0.1) is 0 Å². The lowest BCUT2D eigenvalue weighted by atomic mass is 10.2. The molecule has 0 radical (unpaired) electrons. The first-order valence-electron chi connectivity index (χ1n) is 6.86. The molecule has 1 N–H and O–H groups in total. The average Bonchev–Trinajstić information content (AvgIpc) is 2.89. The van der Waals surface area contributed by atoms with Crippen LogP contribution < -0.4 is 10.2 Å². The highest BCUT2D eigenvalue weighted by Gasteiger charge is 2.10. The molecule has 106 valence electrons. The van der Waals surface area contributed by atoms with Crippen molar-refractivity contribution in [2.75, 3.05) is 23.3 Å². The number of nitrogens with one attached hydrogen (secondary N) is 1. The van der Waals surface area contributed by atoms with Crippen LogP contribution in [0.1, 0.15) is 30.2 Å². The topological polar surface area (TPSA) is 45.5 Å². The van der Waals surface area contributed by atoms with E-state index in [1.54, 1.807) is 12.1 Å². The number of nitrogens with zero attached hydrogens (tertiary/aromatic N) is 1. The highest BCUT2D eigenvalue weighted by atomic mass is 16.3. The molecule has 1 aromatic carbocycles. The summed E-state index contributed by atoms with van der Waals surface area (Å²) in [6, 6.07) is 11.3. The first kappa shape index (κ1) is 14.2. The fraction of sp³-hybridized carbons (Fsp3) is 0.312. The van der Waals surface area contributed by atoms with Gasteiger partial charge in [0.2, 0.25) is 0 Å². The number of hydrogen-bond donors (Lipinski definition) is 1. The van der Waals surface area contributed by atoms with Crippen LogP contribution in [-0.2, 0) is 0 Å². The van der Waals surface area contributed by atoms with Crippen LogP contribution >= 0.6 is 0 Å². The Hall–Kier alpha value is -2.23. The van der Waals surface area contributed by atoms with E-state index in [0.717, 1.165) is 30.2 Å². The van der Waals surface area contributed by atoms with E-state index in [2.05, 4.69) is 24.1 Å². The molecule has 4 heteroatoms. The zero-order chi connectivity index (χ0) is 14.5. The highest BCUT2D eigenvalue weighted by Crippen LogP contribution is 2.18. The molecule has 0 aliphatic rings. The lowest BCUT2D eigenvalue weighted by Crippen LogP contribution is -2.21. The van der Waals surface area contributed by atoms with Crippen LogP contribution in [0.2, 0.25) is 0 Å². The maximum atomic E-state index is 11.9. The SMILES string of the molecule is CCN(CC)c1ccc(NC(=O)c2ccc(C)o2)cc1. The molecule has 0 saturated carbocycles. The molecule has 0 aliphatic carbocycles. The van der Waals surface area contributed by atoms with Gasteiger partial charge in [0.1, 0.15) is 5.76 Å². The monoisotopic (exact) mass is 272 g/mol. The van der Waals surface area contributed by atoms with Crippen molar-refractivity contribution in [3.05, 3.63) is 47.9 Å². The third-order valence-electron chi connectivity index (χ3n) is 3.22. The third-order valence-corrected chi connectivity index (χ3v) is 3.22. The molecule has 2 rings (SSSR count). The van der Waals surface area contributed by atoms with Crippen LogP contribution in [0.4, 0.5) is 11.4 Å². The van der Waals surface area contributed by atoms with Crippen molar-refractivity contribution < 1.29 is 9.21 Å². The number of carbonyl (C=O) groups is 1. The molecule has 0 bridgehead atoms. The number of furan rings is 1. The lowest BCUT2D eigenvalue weighted by molar-refractivity contribution is 0.0995. The molecule has 2 aromatic rings. The molecule has 0 saturated heterocycles. The summed E-state index contributed by atoms with van der Waals surface area (Å²) in [5, 5.41) is 2.82. The van der Waals surface area contributed by atoms with Gasteiger partial charge in [0.15, 0.2) is 5.76 Å². The number of hydrogen-bond acceptors (Lipinski definition) is 3. The molecule has 1 aromatic heterocycles. The van der Waals surface area contributed by atoms with Gasteiger partial charge in [-0.25, -0.2) is 0 Å². The van der Waals surface area contributed by atoms with Gasteiger partial charge in [0, 0.05) is 24.5 Å². The summed E-state index contributed by atoms with van der Waals surface area (Å²) in [5.41, 5.74) is 1.92. The van der Waals surface area contributed by atoms with Crippen molar-refractivity contribution in [1.82, 2.24) is 0 Å². The predicted molar refractivity (Wildman–Crippen MR) is 81.4 cm³/mol. The molecular formula is C16H20N2O2. The van der Waals surface area contributed by atoms with Crippen molar-refractivity contribution in [1.29, 1.82) is 0 Å². The van der Waals surface area contributed by atoms with Crippen molar-refractivity contribution in [2.24, 2.45) is 0 Å². The molecule has 20 heavy (non-hydrogen) atoms. The quantitative estimate of drug-likeness (QED) is 0.903. The summed E-state index contributed by atoms with van der Waals surface area (Å²) in [6.07, 6.45) is 0. The van der Waals surface area contributed by atoms with E-state index in [-0.39, 0.29) is 5.91 Å². The summed E-state index contributed by atoms with van der Waals surface area (Å²) in [6.45, 7) is 7.99. The Morgan fingerprint density at radius 2 is 1.75 bits per heavy atom. The minimum atomic E-state index is -0.228. The summed E-state index contributed by atoms with van der Waals surface area (Å²) in [4.78, 5) is 14.2. The molecule has 0 atom stereocenters. The van der Waals surface area contributed by atoms with Gasteiger partial charge in [-0.1, -0.05) is 0 Å². The van der Waals surface area contributed by atoms with Crippen molar-refractivity contribution in [2.45, 2.75) is 20.8 Å². The number of aryl methyl sites for hydroxylation is 1. The van der Waals surface area contributed by atoms with Crippen molar-refractivity contribution in [3.63, 3.8) is 0 Å². The first-order valence-corrected chi connectivity index (χ1v) is 6.86. The van der Waals surface area contributed by atoms with E-state index in [1.807, 2.05) is 31.2 Å². The highest BCUT2D eigenvalue weighted by molar-refractivity contribution is 6.02. The van der Waals surface area contributed by atoms with Crippen LogP contribution in [0.3, 0.4) is 0 Å². The Morgan fingerprint density at radius 1 is 1.10 bits per heavy atom. The third kappa shape index (κ3) is 3.20. The standard InChI is InChI=1S/C16H20N2O2/c1-4-18(5-2)14-9-7-13(8-10-14)17-16(19)15-11-6-12(3)20-15/h6-11H,4-5H2,1-3H3,(H,17,19). The van der Waals surface area contributed by atoms with E-state index in [0.29, 0.717) is 5.76 Å². The second-order valence-corrected chi connectivity index (χ2v) is 4.58. The number of anilines is 2. The van der Waals surface area contributed by atoms with Gasteiger partial charge in [-0.15, -0.1) is 0 Å². The second kappa shape index (κ2) is 6.28. The Bertz CT molecular complexity index is 568. The molecule has 0 aliphatic heterocycles. The zero-order valence-corrected chi connectivity index (χ0v) is 12.1.